The lowest BCUT2D eigenvalue weighted by molar-refractivity contribution is -0.361. The molecule has 0 aromatic rings. The maximum atomic E-state index is 12.4. The minimum absolute atomic E-state index is 0.757. The molecule has 4 saturated heterocycles. The van der Waals surface area contributed by atoms with Crippen molar-refractivity contribution in [1.29, 1.82) is 0 Å². The lowest BCUT2D eigenvalue weighted by atomic mass is 9.93. The van der Waals surface area contributed by atoms with Gasteiger partial charge in [0.05, 0.1) is 32.5 Å². The molecule has 0 aromatic heterocycles. The molecule has 0 aromatic carbocycles. The standard InChI is InChI=1S/C30H52N4O23S/c1-8(38)32-16-21(43)26(14(51-27(16)46)7-50-58(47,48)49)57-30-18(34-10(3)40)23(45)25(13(6-37)54-30)56-29-17(33-9(2)39)22(44)24(12(5-36)53-29)55-28-15(31)20(42)19(41)11(4-35)52-28/h11-30,35-37,41-46H,4-7,31H2,1-3H3,(H,32,38)(H,33,39)(H,34,40)(H,47,48,49)/t11-,12-,13-,14-,15-,16-,17-,18-,19-,20-,21-,22-,23-,24-,25-,26-,27-,28+,29+,30+/m1/s1. The molecule has 20 atom stereocenters. The quantitative estimate of drug-likeness (QED) is 0.0680. The summed E-state index contributed by atoms with van der Waals surface area (Å²) in [4.78, 5) is 36.6. The van der Waals surface area contributed by atoms with Crippen molar-refractivity contribution in [2.24, 2.45) is 5.73 Å². The third-order valence-electron chi connectivity index (χ3n) is 9.69. The number of ether oxygens (including phenoxy) is 7. The van der Waals surface area contributed by atoms with Crippen LogP contribution in [0.1, 0.15) is 20.8 Å². The number of amides is 3. The molecule has 4 fully saturated rings. The van der Waals surface area contributed by atoms with Crippen molar-refractivity contribution in [3.05, 3.63) is 0 Å². The number of hydrogen-bond acceptors (Lipinski definition) is 23. The minimum Gasteiger partial charge on any atom is -0.394 e. The zero-order valence-corrected chi connectivity index (χ0v) is 32.0. The van der Waals surface area contributed by atoms with E-state index in [1.54, 1.807) is 0 Å². The SMILES string of the molecule is CC(=O)N[C@@H]1[C@@H](O)[C@H](O[C@@H]2O[C@H](CO)[C@@H](O[C@@H]3O[C@H](CO)[C@@H](O[C@@H]4O[C@H](CO)[C@@H](O)[C@H](O)[C@H]4N)[C@H](O)[C@H]3NC(C)=O)[C@H](O)[C@H]2NC(C)=O)[C@@H](COS(=O)(=O)O)O[C@H]1O. The van der Waals surface area contributed by atoms with Crippen molar-refractivity contribution in [3.8, 4) is 0 Å². The molecular formula is C30H52N4O23S. The number of nitrogens with two attached hydrogens (primary N) is 1. The van der Waals surface area contributed by atoms with Gasteiger partial charge in [0.25, 0.3) is 0 Å². The van der Waals surface area contributed by atoms with Crippen LogP contribution in [-0.2, 0) is 62.1 Å². The minimum atomic E-state index is -5.13. The van der Waals surface area contributed by atoms with Crippen molar-refractivity contribution in [1.82, 2.24) is 16.0 Å². The van der Waals surface area contributed by atoms with Gasteiger partial charge in [0.15, 0.2) is 25.2 Å². The Morgan fingerprint density at radius 1 is 0.569 bits per heavy atom. The van der Waals surface area contributed by atoms with Gasteiger partial charge in [0, 0.05) is 20.8 Å². The van der Waals surface area contributed by atoms with E-state index in [2.05, 4.69) is 20.1 Å². The van der Waals surface area contributed by atoms with Gasteiger partial charge in [0.2, 0.25) is 17.7 Å². The third-order valence-corrected chi connectivity index (χ3v) is 10.1. The second kappa shape index (κ2) is 20.4. The summed E-state index contributed by atoms with van der Waals surface area (Å²) in [7, 11) is -5.13. The van der Waals surface area contributed by atoms with Crippen molar-refractivity contribution in [2.75, 3.05) is 26.4 Å². The zero-order valence-electron chi connectivity index (χ0n) is 31.1. The zero-order chi connectivity index (χ0) is 43.4. The molecule has 15 N–H and O–H groups in total. The summed E-state index contributed by atoms with van der Waals surface area (Å²) in [5.41, 5.74) is 5.97. The first-order chi connectivity index (χ1) is 27.1. The summed E-state index contributed by atoms with van der Waals surface area (Å²) in [5.74, 6) is -2.34. The van der Waals surface area contributed by atoms with Crippen LogP contribution in [0.3, 0.4) is 0 Å². The summed E-state index contributed by atoms with van der Waals surface area (Å²) in [6.45, 7) is -0.659. The maximum absolute atomic E-state index is 12.4. The Morgan fingerprint density at radius 3 is 1.36 bits per heavy atom. The molecule has 0 saturated carbocycles. The summed E-state index contributed by atoms with van der Waals surface area (Å²) >= 11 is 0. The average Bonchev–Trinajstić information content (AvgIpc) is 3.14. The van der Waals surface area contributed by atoms with E-state index in [-0.39, 0.29) is 0 Å². The number of aliphatic hydroxyl groups is 9. The first-order valence-corrected chi connectivity index (χ1v) is 19.2. The summed E-state index contributed by atoms with van der Waals surface area (Å²) in [5, 5.41) is 103. The van der Waals surface area contributed by atoms with Crippen LogP contribution in [-0.4, -0.2) is 226 Å². The van der Waals surface area contributed by atoms with Gasteiger partial charge in [-0.15, -0.1) is 0 Å². The smallest absolute Gasteiger partial charge is 0.394 e. The molecular weight excluding hydrogens is 816 g/mol. The fourth-order valence-electron chi connectivity index (χ4n) is 6.95. The van der Waals surface area contributed by atoms with Crippen molar-refractivity contribution < 1.29 is 111 Å². The Labute approximate surface area is 330 Å². The van der Waals surface area contributed by atoms with Gasteiger partial charge in [-0.05, 0) is 0 Å². The number of aliphatic hydroxyl groups excluding tert-OH is 9. The number of carbonyl (C=O) groups is 3. The fraction of sp³-hybridized carbons (Fsp3) is 0.900. The largest absolute Gasteiger partial charge is 0.397 e. The van der Waals surface area contributed by atoms with Crippen LogP contribution < -0.4 is 21.7 Å². The number of hydrogen-bond donors (Lipinski definition) is 14. The van der Waals surface area contributed by atoms with E-state index in [4.69, 9.17) is 43.4 Å². The lowest BCUT2D eigenvalue weighted by Gasteiger charge is -2.50. The normalized spacial score (nSPS) is 43.6. The Balaban J connectivity index is 1.62. The van der Waals surface area contributed by atoms with Gasteiger partial charge >= 0.3 is 10.4 Å². The summed E-state index contributed by atoms with van der Waals surface area (Å²) < 4.78 is 76.4. The van der Waals surface area contributed by atoms with E-state index in [1.165, 1.54) is 0 Å². The third kappa shape index (κ3) is 11.5. The van der Waals surface area contributed by atoms with Crippen LogP contribution in [0.5, 0.6) is 0 Å². The van der Waals surface area contributed by atoms with E-state index in [9.17, 15) is 68.8 Å². The maximum Gasteiger partial charge on any atom is 0.397 e. The predicted octanol–water partition coefficient (Wildman–Crippen LogP) is -9.52. The Kier molecular flexibility index (Phi) is 17.0. The topological polar surface area (TPSA) is 424 Å². The molecule has 58 heavy (non-hydrogen) atoms. The molecule has 0 unspecified atom stereocenters. The van der Waals surface area contributed by atoms with Gasteiger partial charge in [0.1, 0.15) is 91.4 Å². The van der Waals surface area contributed by atoms with Gasteiger partial charge in [-0.3, -0.25) is 18.9 Å². The first-order valence-electron chi connectivity index (χ1n) is 17.8. The van der Waals surface area contributed by atoms with Gasteiger partial charge in [-0.2, -0.15) is 8.42 Å². The highest BCUT2D eigenvalue weighted by molar-refractivity contribution is 7.80. The molecule has 4 rings (SSSR count). The van der Waals surface area contributed by atoms with Crippen molar-refractivity contribution >= 4 is 28.1 Å². The highest BCUT2D eigenvalue weighted by Gasteiger charge is 2.56. The van der Waals surface area contributed by atoms with Crippen molar-refractivity contribution in [3.63, 3.8) is 0 Å². The average molecular weight is 869 g/mol. The second-order valence-corrected chi connectivity index (χ2v) is 15.1. The van der Waals surface area contributed by atoms with Gasteiger partial charge < -0.3 is 101 Å². The lowest BCUT2D eigenvalue weighted by Crippen LogP contribution is -2.71. The monoisotopic (exact) mass is 868 g/mol. The number of carbonyl (C=O) groups excluding carboxylic acids is 3. The molecule has 0 aliphatic carbocycles. The van der Waals surface area contributed by atoms with Crippen molar-refractivity contribution in [2.45, 2.75) is 143 Å². The molecule has 4 aliphatic rings. The summed E-state index contributed by atoms with van der Waals surface area (Å²) in [6.07, 6.45) is -28.0. The molecule has 0 bridgehead atoms. The Morgan fingerprint density at radius 2 is 0.948 bits per heavy atom. The molecule has 336 valence electrons. The number of rotatable bonds is 15. The Hall–Kier alpha value is -2.40. The molecule has 27 nitrogen and oxygen atoms in total. The molecule has 28 heteroatoms. The van der Waals surface area contributed by atoms with Gasteiger partial charge in [-0.25, -0.2) is 4.18 Å². The van der Waals surface area contributed by atoms with Crippen LogP contribution in [0.4, 0.5) is 0 Å². The highest BCUT2D eigenvalue weighted by Crippen LogP contribution is 2.34. The van der Waals surface area contributed by atoms with E-state index < -0.39 is 177 Å². The predicted molar refractivity (Wildman–Crippen MR) is 181 cm³/mol. The molecule has 4 aliphatic heterocycles. The fourth-order valence-corrected chi connectivity index (χ4v) is 7.26. The van der Waals surface area contributed by atoms with Crippen LogP contribution >= 0.6 is 0 Å². The van der Waals surface area contributed by atoms with Gasteiger partial charge in [-0.1, -0.05) is 0 Å². The molecule has 3 amide bonds. The molecule has 0 spiro atoms. The Bertz CT molecular complexity index is 1500. The highest BCUT2D eigenvalue weighted by atomic mass is 32.3. The van der Waals surface area contributed by atoms with E-state index >= 15 is 0 Å². The first kappa shape index (κ1) is 48.3. The van der Waals surface area contributed by atoms with Crippen LogP contribution in [0.15, 0.2) is 0 Å². The second-order valence-electron chi connectivity index (χ2n) is 14.0. The summed E-state index contributed by atoms with van der Waals surface area (Å²) in [6, 6.07) is -6.41. The van der Waals surface area contributed by atoms with Crippen LogP contribution in [0.2, 0.25) is 0 Å². The molecule has 0 radical (unpaired) electrons. The van der Waals surface area contributed by atoms with E-state index in [0.717, 1.165) is 20.8 Å². The van der Waals surface area contributed by atoms with Crippen LogP contribution in [0, 0.1) is 0 Å². The van der Waals surface area contributed by atoms with Crippen LogP contribution in [0.25, 0.3) is 0 Å². The molecule has 4 heterocycles. The van der Waals surface area contributed by atoms with E-state index in [1.807, 2.05) is 0 Å². The van der Waals surface area contributed by atoms with E-state index in [0.29, 0.717) is 0 Å². The number of nitrogens with one attached hydrogen (secondary N) is 3.